The average Bonchev–Trinajstić information content (AvgIpc) is 3.39. The molecular formula is C55H56F2N4O12. The first kappa shape index (κ1) is 51.8. The Labute approximate surface area is 420 Å². The van der Waals surface area contributed by atoms with Gasteiger partial charge in [-0.1, -0.05) is 60.5 Å². The van der Waals surface area contributed by atoms with Crippen LogP contribution in [0, 0.1) is 49.6 Å². The monoisotopic (exact) mass is 1000 g/mol. The standard InChI is InChI=1S/C55H56F2N4O12/c1-2-29-70-55-51(59(33-36-13-17-40(56)18-14-36)54(64)72-43-23-21-42(22-24-43)61(67)68)32-49(58-71-34-37-15-19-41(20-16-37)60(65)66)46-30-38(9-5-7-27-62)45(11-6-8-28-63)52(53(46)55)47-31-44(25-26-50(47)73-55)69-35-39-10-3-4-12-48(39)57/h2-4,10,12-26,30-31,38,45,51-53,62-63H,1,5-9,11,27-29,32-35H2/t38-,45+,51-,52+,53+,55+/m0/s1. The average molecular weight is 1000 g/mol. The number of benzene rings is 5. The van der Waals surface area contributed by atoms with E-state index in [0.29, 0.717) is 78.0 Å². The fourth-order valence-electron chi connectivity index (χ4n) is 10.3. The molecule has 1 amide bonds. The Bertz CT molecular complexity index is 2810. The molecule has 2 N–H and O–H groups in total. The minimum Gasteiger partial charge on any atom is -0.489 e. The second kappa shape index (κ2) is 23.8. The largest absolute Gasteiger partial charge is 0.489 e. The van der Waals surface area contributed by atoms with Gasteiger partial charge in [0.25, 0.3) is 11.4 Å². The molecule has 5 aromatic rings. The van der Waals surface area contributed by atoms with Crippen molar-refractivity contribution in [2.75, 3.05) is 19.8 Å². The summed E-state index contributed by atoms with van der Waals surface area (Å²) in [6.07, 6.45) is 6.44. The molecule has 0 saturated heterocycles. The predicted molar refractivity (Wildman–Crippen MR) is 265 cm³/mol. The van der Waals surface area contributed by atoms with Gasteiger partial charge in [0.15, 0.2) is 0 Å². The molecule has 0 radical (unpaired) electrons. The molecule has 0 aromatic heterocycles. The fourth-order valence-corrected chi connectivity index (χ4v) is 10.3. The molecule has 73 heavy (non-hydrogen) atoms. The number of hydrogen-bond donors (Lipinski definition) is 2. The van der Waals surface area contributed by atoms with Gasteiger partial charge in [0.1, 0.15) is 48.1 Å². The molecular weight excluding hydrogens is 947 g/mol. The van der Waals surface area contributed by atoms with Crippen molar-refractivity contribution in [3.8, 4) is 17.2 Å². The molecule has 5 aromatic carbocycles. The first-order chi connectivity index (χ1) is 35.4. The molecule has 3 aliphatic rings. The number of amides is 1. The third kappa shape index (κ3) is 11.9. The van der Waals surface area contributed by atoms with Crippen LogP contribution in [0.15, 0.2) is 145 Å². The zero-order valence-electron chi connectivity index (χ0n) is 39.9. The summed E-state index contributed by atoms with van der Waals surface area (Å²) in [4.78, 5) is 44.6. The highest BCUT2D eigenvalue weighted by atomic mass is 19.1. The predicted octanol–water partition coefficient (Wildman–Crippen LogP) is 10.9. The first-order valence-corrected chi connectivity index (χ1v) is 24.2. The molecule has 2 aliphatic carbocycles. The van der Waals surface area contributed by atoms with Gasteiger partial charge in [-0.15, -0.1) is 6.58 Å². The summed E-state index contributed by atoms with van der Waals surface area (Å²) in [7, 11) is 0. The maximum absolute atomic E-state index is 15.1. The van der Waals surface area contributed by atoms with Crippen LogP contribution in [0.4, 0.5) is 25.0 Å². The van der Waals surface area contributed by atoms with Crippen LogP contribution in [-0.4, -0.2) is 68.4 Å². The zero-order valence-corrected chi connectivity index (χ0v) is 39.9. The number of nitro benzene ring substituents is 2. The number of halogens is 2. The van der Waals surface area contributed by atoms with Crippen molar-refractivity contribution in [1.82, 2.24) is 4.90 Å². The number of ether oxygens (including phenoxy) is 4. The van der Waals surface area contributed by atoms with Gasteiger partial charge in [-0.25, -0.2) is 13.6 Å². The lowest BCUT2D eigenvalue weighted by atomic mass is 9.55. The number of allylic oxidation sites excluding steroid dienone is 1. The van der Waals surface area contributed by atoms with E-state index in [1.165, 1.54) is 71.6 Å². The molecule has 18 heteroatoms. The summed E-state index contributed by atoms with van der Waals surface area (Å²) in [5.74, 6) is -3.40. The lowest BCUT2D eigenvalue weighted by Crippen LogP contribution is -2.70. The molecule has 8 rings (SSSR count). The minimum absolute atomic E-state index is 0.000477. The number of carbonyl (C=O) groups is 1. The molecule has 1 aliphatic heterocycles. The van der Waals surface area contributed by atoms with Gasteiger partial charge >= 0.3 is 6.09 Å². The van der Waals surface area contributed by atoms with Gasteiger partial charge in [0.05, 0.1) is 28.1 Å². The lowest BCUT2D eigenvalue weighted by molar-refractivity contribution is -0.385. The van der Waals surface area contributed by atoms with Crippen molar-refractivity contribution in [3.05, 3.63) is 194 Å². The van der Waals surface area contributed by atoms with E-state index in [9.17, 15) is 39.2 Å². The van der Waals surface area contributed by atoms with Crippen LogP contribution in [0.1, 0.15) is 73.1 Å². The summed E-state index contributed by atoms with van der Waals surface area (Å²) >= 11 is 0. The molecule has 1 fully saturated rings. The van der Waals surface area contributed by atoms with Crippen LogP contribution < -0.4 is 14.2 Å². The number of hydrogen-bond acceptors (Lipinski definition) is 13. The van der Waals surface area contributed by atoms with Gasteiger partial charge in [-0.05, 0) is 115 Å². The number of fused-ring (bicyclic) bond motifs is 2. The van der Waals surface area contributed by atoms with Crippen LogP contribution in [0.5, 0.6) is 17.2 Å². The highest BCUT2D eigenvalue weighted by Crippen LogP contribution is 2.62. The van der Waals surface area contributed by atoms with Gasteiger partial charge < -0.3 is 34.0 Å². The van der Waals surface area contributed by atoms with Crippen LogP contribution in [0.25, 0.3) is 0 Å². The molecule has 6 atom stereocenters. The van der Waals surface area contributed by atoms with Crippen LogP contribution in [0.3, 0.4) is 0 Å². The van der Waals surface area contributed by atoms with E-state index < -0.39 is 51.2 Å². The van der Waals surface area contributed by atoms with Gasteiger partial charge in [0, 0.05) is 67.5 Å². The van der Waals surface area contributed by atoms with Crippen LogP contribution in [0.2, 0.25) is 0 Å². The number of aliphatic hydroxyl groups is 2. The van der Waals surface area contributed by atoms with E-state index >= 15 is 4.79 Å². The van der Waals surface area contributed by atoms with Gasteiger partial charge in [-0.2, -0.15) is 0 Å². The number of non-ortho nitro benzene ring substituents is 2. The lowest BCUT2D eigenvalue weighted by Gasteiger charge is -2.59. The Morgan fingerprint density at radius 2 is 1.49 bits per heavy atom. The quantitative estimate of drug-likeness (QED) is 0.0271. The second-order valence-corrected chi connectivity index (χ2v) is 18.2. The summed E-state index contributed by atoms with van der Waals surface area (Å²) in [6.45, 7) is 3.55. The van der Waals surface area contributed by atoms with Crippen LogP contribution in [-0.2, 0) is 29.3 Å². The number of aliphatic hydroxyl groups excluding tert-OH is 2. The number of nitro groups is 2. The number of nitrogens with zero attached hydrogens (tertiary/aromatic N) is 4. The minimum atomic E-state index is -1.76. The normalized spacial score (nSPS) is 21.2. The molecule has 0 bridgehead atoms. The van der Waals surface area contributed by atoms with Crippen molar-refractivity contribution < 1.29 is 57.4 Å². The number of carbonyl (C=O) groups excluding carboxylic acids is 1. The third-order valence-electron chi connectivity index (χ3n) is 13.7. The van der Waals surface area contributed by atoms with Crippen molar-refractivity contribution >= 4 is 23.2 Å². The summed E-state index contributed by atoms with van der Waals surface area (Å²) in [6, 6.07) is 27.1. The van der Waals surface area contributed by atoms with Crippen molar-refractivity contribution in [3.63, 3.8) is 0 Å². The summed E-state index contributed by atoms with van der Waals surface area (Å²) < 4.78 is 56.1. The molecule has 1 saturated carbocycles. The molecule has 0 unspecified atom stereocenters. The highest BCUT2D eigenvalue weighted by Gasteiger charge is 2.66. The van der Waals surface area contributed by atoms with Crippen LogP contribution >= 0.6 is 0 Å². The van der Waals surface area contributed by atoms with Crippen molar-refractivity contribution in [2.45, 2.75) is 82.5 Å². The number of unbranched alkanes of at least 4 members (excludes halogenated alkanes) is 2. The van der Waals surface area contributed by atoms with E-state index in [1.807, 2.05) is 6.07 Å². The zero-order chi connectivity index (χ0) is 51.5. The van der Waals surface area contributed by atoms with E-state index in [4.69, 9.17) is 28.9 Å². The Morgan fingerprint density at radius 1 is 0.836 bits per heavy atom. The Balaban J connectivity index is 1.33. The maximum Gasteiger partial charge on any atom is 0.416 e. The number of oxime groups is 1. The number of rotatable bonds is 23. The van der Waals surface area contributed by atoms with Gasteiger partial charge in [0.2, 0.25) is 5.79 Å². The second-order valence-electron chi connectivity index (χ2n) is 18.2. The molecule has 16 nitrogen and oxygen atoms in total. The first-order valence-electron chi connectivity index (χ1n) is 24.2. The Morgan fingerprint density at radius 3 is 2.16 bits per heavy atom. The molecule has 382 valence electrons. The van der Waals surface area contributed by atoms with E-state index in [1.54, 1.807) is 48.5 Å². The Hall–Kier alpha value is -7.54. The molecule has 0 spiro atoms. The SMILES string of the molecule is C=CCO[C@@]12Oc3ccc(OCc4ccccc4F)cc3[C@H]3[C@H](CCCCO)[C@@H](CCCCO)C=C(C(=NOCc4ccc([N+](=O)[O-])cc4)C[C@@H]1N(Cc1ccc(F)cc1)C(=O)Oc1ccc([N+](=O)[O-])cc1)[C@H]32. The van der Waals surface area contributed by atoms with Gasteiger partial charge in [-0.3, -0.25) is 25.1 Å². The third-order valence-corrected chi connectivity index (χ3v) is 13.7. The topological polar surface area (TPSA) is 206 Å². The molecule has 1 heterocycles. The van der Waals surface area contributed by atoms with E-state index in [2.05, 4.69) is 12.7 Å². The van der Waals surface area contributed by atoms with E-state index in [-0.39, 0.29) is 75.0 Å². The smallest absolute Gasteiger partial charge is 0.416 e. The van der Waals surface area contributed by atoms with Crippen molar-refractivity contribution in [2.24, 2.45) is 22.9 Å². The maximum atomic E-state index is 15.1. The van der Waals surface area contributed by atoms with E-state index in [0.717, 1.165) is 5.56 Å². The Kier molecular flexibility index (Phi) is 16.9. The van der Waals surface area contributed by atoms with Crippen molar-refractivity contribution in [1.29, 1.82) is 0 Å². The highest BCUT2D eigenvalue weighted by molar-refractivity contribution is 6.03. The fraction of sp³-hybridized carbons (Fsp3) is 0.345. The summed E-state index contributed by atoms with van der Waals surface area (Å²) in [5.41, 5.74) is 3.01. The summed E-state index contributed by atoms with van der Waals surface area (Å²) in [5, 5.41) is 47.9.